The molecule has 1 rings (SSSR count). The third-order valence-corrected chi connectivity index (χ3v) is 5.66. The Balaban J connectivity index is 3.12. The minimum Gasteiger partial charge on any atom is -0.318 e. The average molecular weight is 320 g/mol. The summed E-state index contributed by atoms with van der Waals surface area (Å²) in [5.41, 5.74) is 0. The van der Waals surface area contributed by atoms with Crippen molar-refractivity contribution in [2.45, 2.75) is 24.0 Å². The molecule has 1 aromatic carbocycles. The van der Waals surface area contributed by atoms with Crippen LogP contribution < -0.4 is 5.32 Å². The van der Waals surface area contributed by atoms with Gasteiger partial charge >= 0.3 is 0 Å². The molecular weight excluding hydrogens is 302 g/mol. The summed E-state index contributed by atoms with van der Waals surface area (Å²) in [6, 6.07) is 6.79. The second-order valence-corrected chi connectivity index (χ2v) is 7.42. The van der Waals surface area contributed by atoms with Crippen LogP contribution in [0, 0.1) is 5.92 Å². The van der Waals surface area contributed by atoms with Crippen molar-refractivity contribution in [2.24, 2.45) is 5.92 Å². The van der Waals surface area contributed by atoms with E-state index in [2.05, 4.69) is 21.2 Å². The molecule has 1 N–H and O–H groups in total. The Morgan fingerprint density at radius 2 is 1.76 bits per heavy atom. The van der Waals surface area contributed by atoms with Gasteiger partial charge < -0.3 is 5.32 Å². The van der Waals surface area contributed by atoms with E-state index in [0.717, 1.165) is 4.47 Å². The van der Waals surface area contributed by atoms with Crippen molar-refractivity contribution in [1.29, 1.82) is 0 Å². The maximum Gasteiger partial charge on any atom is 0.182 e. The SMILES string of the molecule is CNCC(C(C)C)S(=O)(=O)c1ccc(Br)cc1. The largest absolute Gasteiger partial charge is 0.318 e. The van der Waals surface area contributed by atoms with Crippen LogP contribution in [-0.2, 0) is 9.84 Å². The van der Waals surface area contributed by atoms with Gasteiger partial charge in [0.15, 0.2) is 9.84 Å². The normalized spacial score (nSPS) is 13.9. The highest BCUT2D eigenvalue weighted by atomic mass is 79.9. The monoisotopic (exact) mass is 319 g/mol. The average Bonchev–Trinajstić information content (AvgIpc) is 2.25. The van der Waals surface area contributed by atoms with Crippen LogP contribution in [0.1, 0.15) is 13.8 Å². The summed E-state index contributed by atoms with van der Waals surface area (Å²) in [4.78, 5) is 0.384. The number of hydrogen-bond donors (Lipinski definition) is 1. The lowest BCUT2D eigenvalue weighted by atomic mass is 10.1. The molecule has 96 valence electrons. The van der Waals surface area contributed by atoms with Gasteiger partial charge in [0.2, 0.25) is 0 Å². The Morgan fingerprint density at radius 1 is 1.24 bits per heavy atom. The third kappa shape index (κ3) is 3.53. The number of hydrogen-bond acceptors (Lipinski definition) is 3. The predicted octanol–water partition coefficient (Wildman–Crippen LogP) is 2.47. The molecule has 0 spiro atoms. The molecule has 0 radical (unpaired) electrons. The Labute approximate surface area is 112 Å². The fraction of sp³-hybridized carbons (Fsp3) is 0.500. The summed E-state index contributed by atoms with van der Waals surface area (Å²) < 4.78 is 25.7. The summed E-state index contributed by atoms with van der Waals surface area (Å²) in [5, 5.41) is 2.55. The molecule has 0 fully saturated rings. The van der Waals surface area contributed by atoms with Gasteiger partial charge in [0.1, 0.15) is 0 Å². The van der Waals surface area contributed by atoms with Gasteiger partial charge in [-0.05, 0) is 37.2 Å². The van der Waals surface area contributed by atoms with Crippen molar-refractivity contribution in [2.75, 3.05) is 13.6 Å². The van der Waals surface area contributed by atoms with Gasteiger partial charge in [-0.1, -0.05) is 29.8 Å². The van der Waals surface area contributed by atoms with Gasteiger partial charge in [-0.25, -0.2) is 8.42 Å². The van der Waals surface area contributed by atoms with Crippen LogP contribution in [0.15, 0.2) is 33.6 Å². The molecule has 5 heteroatoms. The lowest BCUT2D eigenvalue weighted by Gasteiger charge is -2.20. The molecule has 0 amide bonds. The van der Waals surface area contributed by atoms with E-state index in [1.807, 2.05) is 13.8 Å². The Bertz CT molecular complexity index is 454. The molecule has 0 heterocycles. The van der Waals surface area contributed by atoms with Gasteiger partial charge in [0.05, 0.1) is 10.1 Å². The summed E-state index contributed by atoms with van der Waals surface area (Å²) in [6.07, 6.45) is 0. The van der Waals surface area contributed by atoms with E-state index in [0.29, 0.717) is 11.4 Å². The molecule has 0 aliphatic carbocycles. The van der Waals surface area contributed by atoms with Crippen LogP contribution in [0.5, 0.6) is 0 Å². The van der Waals surface area contributed by atoms with Crippen molar-refractivity contribution in [3.05, 3.63) is 28.7 Å². The summed E-state index contributed by atoms with van der Waals surface area (Å²) in [7, 11) is -1.49. The van der Waals surface area contributed by atoms with Crippen LogP contribution in [0.4, 0.5) is 0 Å². The third-order valence-electron chi connectivity index (χ3n) is 2.69. The van der Waals surface area contributed by atoms with E-state index >= 15 is 0 Å². The zero-order chi connectivity index (χ0) is 13.1. The van der Waals surface area contributed by atoms with Crippen molar-refractivity contribution in [1.82, 2.24) is 5.32 Å². The molecule has 3 nitrogen and oxygen atoms in total. The first-order valence-corrected chi connectivity index (χ1v) is 7.87. The molecule has 0 saturated heterocycles. The van der Waals surface area contributed by atoms with E-state index in [9.17, 15) is 8.42 Å². The van der Waals surface area contributed by atoms with Crippen molar-refractivity contribution >= 4 is 25.8 Å². The number of rotatable bonds is 5. The van der Waals surface area contributed by atoms with Gasteiger partial charge in [-0.2, -0.15) is 0 Å². The molecule has 17 heavy (non-hydrogen) atoms. The van der Waals surface area contributed by atoms with Crippen LogP contribution in [-0.4, -0.2) is 27.3 Å². The lowest BCUT2D eigenvalue weighted by Crippen LogP contribution is -2.36. The van der Waals surface area contributed by atoms with Crippen LogP contribution in [0.25, 0.3) is 0 Å². The maximum absolute atomic E-state index is 12.4. The van der Waals surface area contributed by atoms with Gasteiger partial charge in [-0.3, -0.25) is 0 Å². The standard InChI is InChI=1S/C12H18BrNO2S/c1-9(2)12(8-14-3)17(15,16)11-6-4-10(13)5-7-11/h4-7,9,12,14H,8H2,1-3H3. The zero-order valence-electron chi connectivity index (χ0n) is 10.3. The molecule has 0 bridgehead atoms. The number of sulfone groups is 1. The van der Waals surface area contributed by atoms with Crippen LogP contribution >= 0.6 is 15.9 Å². The second kappa shape index (κ2) is 5.98. The van der Waals surface area contributed by atoms with E-state index in [1.54, 1.807) is 31.3 Å². The Kier molecular flexibility index (Phi) is 5.16. The fourth-order valence-corrected chi connectivity index (χ4v) is 3.94. The van der Waals surface area contributed by atoms with Gasteiger partial charge in [0.25, 0.3) is 0 Å². The van der Waals surface area contributed by atoms with Crippen LogP contribution in [0.3, 0.4) is 0 Å². The van der Waals surface area contributed by atoms with E-state index in [1.165, 1.54) is 0 Å². The number of benzene rings is 1. The first kappa shape index (κ1) is 14.7. The van der Waals surface area contributed by atoms with Gasteiger partial charge in [-0.15, -0.1) is 0 Å². The fourth-order valence-electron chi connectivity index (χ4n) is 1.70. The smallest absolute Gasteiger partial charge is 0.182 e. The molecule has 1 unspecified atom stereocenters. The second-order valence-electron chi connectivity index (χ2n) is 4.34. The van der Waals surface area contributed by atoms with E-state index in [-0.39, 0.29) is 5.92 Å². The predicted molar refractivity (Wildman–Crippen MR) is 73.9 cm³/mol. The lowest BCUT2D eigenvalue weighted by molar-refractivity contribution is 0.516. The van der Waals surface area contributed by atoms with Crippen LogP contribution in [0.2, 0.25) is 0 Å². The Hall–Kier alpha value is -0.390. The van der Waals surface area contributed by atoms with E-state index in [4.69, 9.17) is 0 Å². The molecule has 1 aromatic rings. The Morgan fingerprint density at radius 3 is 2.18 bits per heavy atom. The molecule has 0 aliphatic heterocycles. The number of nitrogens with one attached hydrogen (secondary N) is 1. The van der Waals surface area contributed by atoms with E-state index < -0.39 is 15.1 Å². The molecular formula is C12H18BrNO2S. The zero-order valence-corrected chi connectivity index (χ0v) is 12.7. The topological polar surface area (TPSA) is 46.2 Å². The molecule has 0 aromatic heterocycles. The van der Waals surface area contributed by atoms with Crippen molar-refractivity contribution in [3.63, 3.8) is 0 Å². The first-order chi connectivity index (χ1) is 7.89. The molecule has 0 saturated carbocycles. The highest BCUT2D eigenvalue weighted by Crippen LogP contribution is 2.22. The summed E-state index contributed by atoms with van der Waals surface area (Å²) >= 11 is 3.30. The summed E-state index contributed by atoms with van der Waals surface area (Å²) in [6.45, 7) is 4.33. The highest BCUT2D eigenvalue weighted by Gasteiger charge is 2.29. The van der Waals surface area contributed by atoms with Crippen molar-refractivity contribution in [3.8, 4) is 0 Å². The highest BCUT2D eigenvalue weighted by molar-refractivity contribution is 9.10. The number of halogens is 1. The maximum atomic E-state index is 12.4. The minimum atomic E-state index is -3.26. The minimum absolute atomic E-state index is 0.0797. The summed E-state index contributed by atoms with van der Waals surface area (Å²) in [5.74, 6) is 0.0797. The molecule has 0 aliphatic rings. The molecule has 1 atom stereocenters. The first-order valence-electron chi connectivity index (χ1n) is 5.53. The quantitative estimate of drug-likeness (QED) is 0.906. The van der Waals surface area contributed by atoms with Gasteiger partial charge in [0, 0.05) is 11.0 Å². The van der Waals surface area contributed by atoms with Crippen molar-refractivity contribution < 1.29 is 8.42 Å².